The maximum atomic E-state index is 6.38. The van der Waals surface area contributed by atoms with E-state index in [1.165, 1.54) is 32.5 Å². The van der Waals surface area contributed by atoms with Gasteiger partial charge in [-0.1, -0.05) is 72.0 Å². The predicted molar refractivity (Wildman–Crippen MR) is 112 cm³/mol. The molecule has 26 heavy (non-hydrogen) atoms. The summed E-state index contributed by atoms with van der Waals surface area (Å²) in [4.78, 5) is 0. The first kappa shape index (κ1) is 14.8. The second-order valence-electron chi connectivity index (χ2n) is 6.81. The molecule has 0 saturated carbocycles. The topological polar surface area (TPSA) is 26.0 Å². The molecule has 0 aliphatic rings. The molecular weight excluding hydrogens is 314 g/mol. The summed E-state index contributed by atoms with van der Waals surface area (Å²) < 4.78 is 0. The molecule has 0 aliphatic carbocycles. The fourth-order valence-electron chi connectivity index (χ4n) is 3.74. The molecule has 0 heterocycles. The van der Waals surface area contributed by atoms with E-state index >= 15 is 0 Å². The highest BCUT2D eigenvalue weighted by Crippen LogP contribution is 2.37. The van der Waals surface area contributed by atoms with E-state index in [1.807, 2.05) is 6.07 Å². The Morgan fingerprint density at radius 2 is 1.38 bits per heavy atom. The minimum Gasteiger partial charge on any atom is -0.398 e. The number of hydrogen-bond donors (Lipinski definition) is 1. The highest BCUT2D eigenvalue weighted by atomic mass is 14.6. The number of rotatable bonds is 0. The minimum atomic E-state index is 0.732. The second kappa shape index (κ2) is 5.51. The molecule has 0 amide bonds. The van der Waals surface area contributed by atoms with Crippen LogP contribution in [-0.2, 0) is 0 Å². The maximum absolute atomic E-state index is 6.38. The Morgan fingerprint density at radius 1 is 0.692 bits per heavy atom. The standard InChI is InChI=1S/C25H17N/c1-16-5-7-17(8-6-16)9-13-21-22-14-12-19-4-2-3-18-10-11-20(15-23(21)26)25(22)24(18)19/h2-8,10-12,14-15H,26H2,1H3. The van der Waals surface area contributed by atoms with Gasteiger partial charge in [0.2, 0.25) is 0 Å². The second-order valence-corrected chi connectivity index (χ2v) is 6.81. The summed E-state index contributed by atoms with van der Waals surface area (Å²) >= 11 is 0. The SMILES string of the molecule is Cc1ccc(C#Cc2c(N)cc3ccc4cccc5ccc2c3c45)cc1. The smallest absolute Gasteiger partial charge is 0.0557 e. The lowest BCUT2D eigenvalue weighted by Gasteiger charge is -2.13. The third-order valence-electron chi connectivity index (χ3n) is 5.06. The number of aryl methyl sites for hydroxylation is 1. The van der Waals surface area contributed by atoms with Gasteiger partial charge in [-0.2, -0.15) is 0 Å². The van der Waals surface area contributed by atoms with E-state index in [2.05, 4.69) is 85.5 Å². The number of hydrogen-bond acceptors (Lipinski definition) is 1. The first-order valence-electron chi connectivity index (χ1n) is 8.75. The van der Waals surface area contributed by atoms with E-state index in [-0.39, 0.29) is 0 Å². The van der Waals surface area contributed by atoms with Gasteiger partial charge in [0, 0.05) is 16.6 Å². The van der Waals surface area contributed by atoms with Crippen LogP contribution in [0.5, 0.6) is 0 Å². The van der Waals surface area contributed by atoms with Crippen LogP contribution in [0.3, 0.4) is 0 Å². The Morgan fingerprint density at radius 3 is 2.15 bits per heavy atom. The largest absolute Gasteiger partial charge is 0.398 e. The molecule has 0 unspecified atom stereocenters. The molecule has 5 rings (SSSR count). The summed E-state index contributed by atoms with van der Waals surface area (Å²) in [6, 6.07) is 25.4. The zero-order chi connectivity index (χ0) is 17.7. The molecule has 0 aromatic heterocycles. The first-order valence-corrected chi connectivity index (χ1v) is 8.75. The average Bonchev–Trinajstić information content (AvgIpc) is 2.66. The lowest BCUT2D eigenvalue weighted by molar-refractivity contribution is 1.46. The summed E-state index contributed by atoms with van der Waals surface area (Å²) in [5.41, 5.74) is 10.3. The van der Waals surface area contributed by atoms with E-state index in [0.717, 1.165) is 22.2 Å². The van der Waals surface area contributed by atoms with E-state index in [0.29, 0.717) is 0 Å². The van der Waals surface area contributed by atoms with Gasteiger partial charge in [-0.3, -0.25) is 0 Å². The number of benzene rings is 5. The molecule has 1 nitrogen and oxygen atoms in total. The molecule has 0 saturated heterocycles. The molecule has 5 aromatic rings. The monoisotopic (exact) mass is 331 g/mol. The molecule has 0 fully saturated rings. The molecule has 0 spiro atoms. The Labute approximate surface area is 152 Å². The highest BCUT2D eigenvalue weighted by Gasteiger charge is 2.12. The zero-order valence-electron chi connectivity index (χ0n) is 14.5. The number of anilines is 1. The molecule has 0 radical (unpaired) electrons. The first-order chi connectivity index (χ1) is 12.7. The van der Waals surface area contributed by atoms with Gasteiger partial charge in [0.05, 0.1) is 5.56 Å². The van der Waals surface area contributed by atoms with Gasteiger partial charge in [-0.25, -0.2) is 0 Å². The van der Waals surface area contributed by atoms with Crippen LogP contribution in [0.15, 0.2) is 72.8 Å². The van der Waals surface area contributed by atoms with E-state index in [1.54, 1.807) is 0 Å². The quantitative estimate of drug-likeness (QED) is 0.214. The molecule has 1 heteroatoms. The maximum Gasteiger partial charge on any atom is 0.0557 e. The molecule has 2 N–H and O–H groups in total. The molecular formula is C25H17N. The van der Waals surface area contributed by atoms with Crippen LogP contribution in [0.25, 0.3) is 32.3 Å². The third kappa shape index (κ3) is 2.20. The van der Waals surface area contributed by atoms with Crippen LogP contribution in [0.2, 0.25) is 0 Å². The summed E-state index contributed by atoms with van der Waals surface area (Å²) in [7, 11) is 0. The van der Waals surface area contributed by atoms with Gasteiger partial charge in [0.15, 0.2) is 0 Å². The average molecular weight is 331 g/mol. The van der Waals surface area contributed by atoms with Gasteiger partial charge in [0.1, 0.15) is 0 Å². The predicted octanol–water partition coefficient (Wildman–Crippen LogP) is 5.87. The van der Waals surface area contributed by atoms with Crippen molar-refractivity contribution in [2.75, 3.05) is 5.73 Å². The van der Waals surface area contributed by atoms with Crippen molar-refractivity contribution in [3.8, 4) is 11.8 Å². The summed E-state index contributed by atoms with van der Waals surface area (Å²) in [6.07, 6.45) is 0. The number of nitrogen functional groups attached to an aromatic ring is 1. The zero-order valence-corrected chi connectivity index (χ0v) is 14.5. The summed E-state index contributed by atoms with van der Waals surface area (Å²) in [5, 5.41) is 7.35. The number of nitrogens with two attached hydrogens (primary N) is 1. The molecule has 122 valence electrons. The fourth-order valence-corrected chi connectivity index (χ4v) is 3.74. The van der Waals surface area contributed by atoms with Gasteiger partial charge in [-0.15, -0.1) is 0 Å². The van der Waals surface area contributed by atoms with Crippen molar-refractivity contribution in [1.82, 2.24) is 0 Å². The molecule has 0 bridgehead atoms. The van der Waals surface area contributed by atoms with Gasteiger partial charge < -0.3 is 5.73 Å². The van der Waals surface area contributed by atoms with Crippen molar-refractivity contribution in [3.63, 3.8) is 0 Å². The Hall–Kier alpha value is -3.50. The van der Waals surface area contributed by atoms with Crippen molar-refractivity contribution < 1.29 is 0 Å². The van der Waals surface area contributed by atoms with Gasteiger partial charge in [-0.05, 0) is 52.1 Å². The van der Waals surface area contributed by atoms with Crippen LogP contribution in [-0.4, -0.2) is 0 Å². The van der Waals surface area contributed by atoms with E-state index < -0.39 is 0 Å². The summed E-state index contributed by atoms with van der Waals surface area (Å²) in [5.74, 6) is 6.60. The third-order valence-corrected chi connectivity index (χ3v) is 5.06. The van der Waals surface area contributed by atoms with Crippen LogP contribution in [0.1, 0.15) is 16.7 Å². The molecule has 0 aliphatic heterocycles. The van der Waals surface area contributed by atoms with Crippen LogP contribution >= 0.6 is 0 Å². The molecule has 5 aromatic carbocycles. The van der Waals surface area contributed by atoms with Gasteiger partial charge >= 0.3 is 0 Å². The van der Waals surface area contributed by atoms with Crippen molar-refractivity contribution in [2.45, 2.75) is 6.92 Å². The Bertz CT molecular complexity index is 1320. The fraction of sp³-hybridized carbons (Fsp3) is 0.0400. The lowest BCUT2D eigenvalue weighted by atomic mass is 9.91. The summed E-state index contributed by atoms with van der Waals surface area (Å²) in [6.45, 7) is 2.08. The Kier molecular flexibility index (Phi) is 3.14. The lowest BCUT2D eigenvalue weighted by Crippen LogP contribution is -1.94. The van der Waals surface area contributed by atoms with Crippen molar-refractivity contribution >= 4 is 38.0 Å². The van der Waals surface area contributed by atoms with E-state index in [9.17, 15) is 0 Å². The highest BCUT2D eigenvalue weighted by molar-refractivity contribution is 6.24. The normalized spacial score (nSPS) is 11.1. The van der Waals surface area contributed by atoms with Crippen LogP contribution < -0.4 is 5.73 Å². The van der Waals surface area contributed by atoms with E-state index in [4.69, 9.17) is 5.73 Å². The van der Waals surface area contributed by atoms with Crippen molar-refractivity contribution in [1.29, 1.82) is 0 Å². The Balaban J connectivity index is 1.83. The minimum absolute atomic E-state index is 0.732. The van der Waals surface area contributed by atoms with Crippen LogP contribution in [0.4, 0.5) is 5.69 Å². The van der Waals surface area contributed by atoms with Crippen molar-refractivity contribution in [3.05, 3.63) is 89.5 Å². The van der Waals surface area contributed by atoms with Crippen LogP contribution in [0, 0.1) is 18.8 Å². The van der Waals surface area contributed by atoms with Gasteiger partial charge in [0.25, 0.3) is 0 Å². The molecule has 0 atom stereocenters. The van der Waals surface area contributed by atoms with Crippen molar-refractivity contribution in [2.24, 2.45) is 0 Å².